The fourth-order valence-electron chi connectivity index (χ4n) is 5.04. The first-order valence-corrected chi connectivity index (χ1v) is 13.1. The predicted octanol–water partition coefficient (Wildman–Crippen LogP) is 1.73. The monoisotopic (exact) mass is 491 g/mol. The van der Waals surface area contributed by atoms with Crippen molar-refractivity contribution < 1.29 is 17.9 Å². The highest BCUT2D eigenvalue weighted by Gasteiger charge is 2.40. The molecule has 1 aliphatic carbocycles. The standard InChI is InChI=1S/C23H30FN5O4S/c1-5-15-14(3)16-12-25-22(26-18-9-11-28(13-17(18)24)34(32,33)6-2)27-20(16)29(21(15)30)19-8-7-10-23(19,4)31/h1,12,17-19,31H,6-11,13H2,2-4H3,(H,25,26,27)/t17-,18-,19-,23-/m1/s1. The van der Waals surface area contributed by atoms with Crippen LogP contribution in [0.5, 0.6) is 0 Å². The summed E-state index contributed by atoms with van der Waals surface area (Å²) in [6.45, 7) is 4.92. The van der Waals surface area contributed by atoms with Crippen molar-refractivity contribution in [2.24, 2.45) is 0 Å². The van der Waals surface area contributed by atoms with Gasteiger partial charge in [-0.1, -0.05) is 5.92 Å². The summed E-state index contributed by atoms with van der Waals surface area (Å²) >= 11 is 0. The molecule has 11 heteroatoms. The second kappa shape index (κ2) is 8.91. The quantitative estimate of drug-likeness (QED) is 0.612. The first-order chi connectivity index (χ1) is 16.0. The Morgan fingerprint density at radius 3 is 2.74 bits per heavy atom. The van der Waals surface area contributed by atoms with Gasteiger partial charge in [-0.2, -0.15) is 9.29 Å². The van der Waals surface area contributed by atoms with Crippen molar-refractivity contribution in [1.82, 2.24) is 18.8 Å². The molecular formula is C23H30FN5O4S. The van der Waals surface area contributed by atoms with Crippen LogP contribution in [-0.4, -0.2) is 69.0 Å². The summed E-state index contributed by atoms with van der Waals surface area (Å²) in [5.41, 5.74) is -0.395. The number of nitrogens with zero attached hydrogens (tertiary/aromatic N) is 4. The number of nitrogens with one attached hydrogen (secondary N) is 1. The zero-order valence-corrected chi connectivity index (χ0v) is 20.4. The van der Waals surface area contributed by atoms with Crippen molar-refractivity contribution >= 4 is 27.0 Å². The number of alkyl halides is 1. The molecule has 4 rings (SSSR count). The molecule has 4 atom stereocenters. The Kier molecular flexibility index (Phi) is 6.44. The van der Waals surface area contributed by atoms with Gasteiger partial charge < -0.3 is 10.4 Å². The van der Waals surface area contributed by atoms with Gasteiger partial charge in [-0.3, -0.25) is 9.36 Å². The number of hydrogen-bond acceptors (Lipinski definition) is 7. The lowest BCUT2D eigenvalue weighted by Gasteiger charge is -2.34. The average molecular weight is 492 g/mol. The molecule has 2 aromatic heterocycles. The minimum absolute atomic E-state index is 0.0763. The van der Waals surface area contributed by atoms with Crippen molar-refractivity contribution in [2.45, 2.75) is 70.3 Å². The van der Waals surface area contributed by atoms with Gasteiger partial charge in [-0.15, -0.1) is 6.42 Å². The molecule has 0 aromatic carbocycles. The Hall–Kier alpha value is -2.55. The van der Waals surface area contributed by atoms with E-state index in [0.717, 1.165) is 6.42 Å². The Bertz CT molecular complexity index is 1320. The predicted molar refractivity (Wildman–Crippen MR) is 128 cm³/mol. The third kappa shape index (κ3) is 4.19. The number of piperidine rings is 1. The molecule has 2 aromatic rings. The molecule has 0 bridgehead atoms. The van der Waals surface area contributed by atoms with Crippen LogP contribution in [0.3, 0.4) is 0 Å². The highest BCUT2D eigenvalue weighted by Crippen LogP contribution is 2.39. The summed E-state index contributed by atoms with van der Waals surface area (Å²) in [6.07, 6.45) is 7.88. The van der Waals surface area contributed by atoms with Crippen LogP contribution in [0, 0.1) is 19.3 Å². The molecule has 2 aliphatic rings. The summed E-state index contributed by atoms with van der Waals surface area (Å²) < 4.78 is 41.7. The van der Waals surface area contributed by atoms with E-state index in [4.69, 9.17) is 6.42 Å². The van der Waals surface area contributed by atoms with Gasteiger partial charge in [-0.25, -0.2) is 17.8 Å². The summed E-state index contributed by atoms with van der Waals surface area (Å²) in [5.74, 6) is 2.52. The van der Waals surface area contributed by atoms with Crippen molar-refractivity contribution in [3.8, 4) is 12.3 Å². The lowest BCUT2D eigenvalue weighted by atomic mass is 9.98. The molecule has 1 saturated carbocycles. The maximum Gasteiger partial charge on any atom is 0.268 e. The maximum absolute atomic E-state index is 14.9. The van der Waals surface area contributed by atoms with E-state index in [1.165, 1.54) is 15.8 Å². The Labute approximate surface area is 198 Å². The molecule has 1 aliphatic heterocycles. The van der Waals surface area contributed by atoms with Crippen LogP contribution in [0.4, 0.5) is 10.3 Å². The maximum atomic E-state index is 14.9. The Morgan fingerprint density at radius 2 is 2.15 bits per heavy atom. The zero-order valence-electron chi connectivity index (χ0n) is 19.6. The molecule has 0 spiro atoms. The fourth-order valence-corrected chi connectivity index (χ4v) is 6.16. The van der Waals surface area contributed by atoms with E-state index >= 15 is 0 Å². The van der Waals surface area contributed by atoms with Gasteiger partial charge in [0.05, 0.1) is 29.0 Å². The normalized spacial score (nSPS) is 28.2. The number of hydrogen-bond donors (Lipinski definition) is 2. The van der Waals surface area contributed by atoms with Gasteiger partial charge in [0.25, 0.3) is 5.56 Å². The van der Waals surface area contributed by atoms with Crippen molar-refractivity contribution in [1.29, 1.82) is 0 Å². The first-order valence-electron chi connectivity index (χ1n) is 11.5. The van der Waals surface area contributed by atoms with Gasteiger partial charge in [0.2, 0.25) is 16.0 Å². The minimum Gasteiger partial charge on any atom is -0.388 e. The number of anilines is 1. The molecule has 9 nitrogen and oxygen atoms in total. The third-order valence-electron chi connectivity index (χ3n) is 7.12. The van der Waals surface area contributed by atoms with E-state index in [0.29, 0.717) is 29.4 Å². The van der Waals surface area contributed by atoms with Crippen molar-refractivity contribution in [2.75, 3.05) is 24.2 Å². The molecule has 2 fully saturated rings. The van der Waals surface area contributed by atoms with E-state index in [2.05, 4.69) is 21.2 Å². The number of fused-ring (bicyclic) bond motifs is 1. The number of terminal acetylenes is 1. The van der Waals surface area contributed by atoms with Crippen molar-refractivity contribution in [3.63, 3.8) is 0 Å². The van der Waals surface area contributed by atoms with Crippen LogP contribution in [0.25, 0.3) is 11.0 Å². The number of halogens is 1. The number of rotatable bonds is 5. The van der Waals surface area contributed by atoms with Gasteiger partial charge >= 0.3 is 0 Å². The van der Waals surface area contributed by atoms with E-state index in [-0.39, 0.29) is 36.8 Å². The number of sulfonamides is 1. The third-order valence-corrected chi connectivity index (χ3v) is 8.97. The van der Waals surface area contributed by atoms with Crippen LogP contribution in [-0.2, 0) is 10.0 Å². The van der Waals surface area contributed by atoms with E-state index in [1.54, 1.807) is 20.0 Å². The van der Waals surface area contributed by atoms with E-state index < -0.39 is 39.4 Å². The minimum atomic E-state index is -3.47. The van der Waals surface area contributed by atoms with Gasteiger partial charge in [0.1, 0.15) is 11.8 Å². The first kappa shape index (κ1) is 24.6. The Balaban J connectivity index is 1.72. The highest BCUT2D eigenvalue weighted by atomic mass is 32.2. The molecule has 2 N–H and O–H groups in total. The zero-order chi connectivity index (χ0) is 24.8. The number of aromatic nitrogens is 3. The van der Waals surface area contributed by atoms with Crippen LogP contribution >= 0.6 is 0 Å². The SMILES string of the molecule is C#Cc1c(C)c2cnc(N[C@@H]3CCN(S(=O)(=O)CC)C[C@H]3F)nc2n([C@@H]2CCC[C@@]2(C)O)c1=O. The fraction of sp³-hybridized carbons (Fsp3) is 0.609. The Morgan fingerprint density at radius 1 is 1.41 bits per heavy atom. The van der Waals surface area contributed by atoms with E-state index in [9.17, 15) is 22.7 Å². The molecule has 184 valence electrons. The summed E-state index contributed by atoms with van der Waals surface area (Å²) in [4.78, 5) is 22.2. The molecule has 34 heavy (non-hydrogen) atoms. The molecule has 0 amide bonds. The van der Waals surface area contributed by atoms with Crippen LogP contribution < -0.4 is 10.9 Å². The van der Waals surface area contributed by atoms with Gasteiger partial charge in [0, 0.05) is 24.7 Å². The van der Waals surface area contributed by atoms with Crippen molar-refractivity contribution in [3.05, 3.63) is 27.7 Å². The summed E-state index contributed by atoms with van der Waals surface area (Å²) in [7, 11) is -3.47. The van der Waals surface area contributed by atoms with Crippen LogP contribution in [0.2, 0.25) is 0 Å². The second-order valence-electron chi connectivity index (χ2n) is 9.33. The number of aryl methyl sites for hydroxylation is 1. The number of pyridine rings is 1. The molecule has 1 saturated heterocycles. The van der Waals surface area contributed by atoms with Crippen LogP contribution in [0.1, 0.15) is 56.7 Å². The summed E-state index contributed by atoms with van der Waals surface area (Å²) in [6, 6.07) is -1.18. The lowest BCUT2D eigenvalue weighted by Crippen LogP contribution is -2.50. The molecule has 3 heterocycles. The summed E-state index contributed by atoms with van der Waals surface area (Å²) in [5, 5.41) is 14.5. The molecular weight excluding hydrogens is 461 g/mol. The number of aliphatic hydroxyl groups is 1. The smallest absolute Gasteiger partial charge is 0.268 e. The largest absolute Gasteiger partial charge is 0.388 e. The van der Waals surface area contributed by atoms with Gasteiger partial charge in [-0.05, 0) is 52.0 Å². The second-order valence-corrected chi connectivity index (χ2v) is 11.6. The average Bonchev–Trinajstić information content (AvgIpc) is 3.14. The van der Waals surface area contributed by atoms with E-state index in [1.807, 2.05) is 0 Å². The van der Waals surface area contributed by atoms with Gasteiger partial charge in [0.15, 0.2) is 0 Å². The highest BCUT2D eigenvalue weighted by molar-refractivity contribution is 7.89. The molecule has 0 unspecified atom stereocenters. The molecule has 0 radical (unpaired) electrons. The topological polar surface area (TPSA) is 117 Å². The lowest BCUT2D eigenvalue weighted by molar-refractivity contribution is 0.0266. The van der Waals surface area contributed by atoms with Crippen LogP contribution in [0.15, 0.2) is 11.0 Å².